The molecule has 1 N–H and O–H groups in total. The van der Waals surface area contributed by atoms with Gasteiger partial charge in [-0.3, -0.25) is 9.24 Å². The number of nitrogens with zero attached hydrogens (tertiary/aromatic N) is 2. The monoisotopic (exact) mass is 299 g/mol. The fraction of sp³-hybridized carbons (Fsp3) is 0.462. The third kappa shape index (κ3) is 5.01. The minimum atomic E-state index is -2.61. The van der Waals surface area contributed by atoms with E-state index < -0.39 is 6.65 Å². The summed E-state index contributed by atoms with van der Waals surface area (Å²) in [5, 5.41) is 2.95. The van der Waals surface area contributed by atoms with E-state index in [1.807, 2.05) is 37.3 Å². The zero-order chi connectivity index (χ0) is 14.1. The fourth-order valence-electron chi connectivity index (χ4n) is 1.47. The van der Waals surface area contributed by atoms with Gasteiger partial charge in [0, 0.05) is 12.3 Å². The first-order valence-electron chi connectivity index (χ1n) is 6.46. The van der Waals surface area contributed by atoms with Crippen LogP contribution in [0.1, 0.15) is 20.3 Å². The average molecular weight is 299 g/mol. The van der Waals surface area contributed by atoms with Gasteiger partial charge < -0.3 is 0 Å². The Morgan fingerprint density at radius 1 is 1.37 bits per heavy atom. The highest BCUT2D eigenvalue weighted by atomic mass is 32.7. The Hall–Kier alpha value is -0.770. The van der Waals surface area contributed by atoms with Crippen LogP contribution >= 0.6 is 18.0 Å². The van der Waals surface area contributed by atoms with Crippen LogP contribution in [0.15, 0.2) is 35.3 Å². The Labute approximate surface area is 119 Å². The standard InChI is InChI=1S/C13H22N3OPS/c1-4-11-19-18(17,14-3)16(5-2)12-15-13-9-7-6-8-10-13/h6-10,12H,4-5,11H2,1-3H3,(H,14,17). The highest BCUT2D eigenvalue weighted by Crippen LogP contribution is 2.56. The number of rotatable bonds is 8. The summed E-state index contributed by atoms with van der Waals surface area (Å²) in [6.45, 7) is 2.11. The molecule has 0 amide bonds. The molecule has 1 aromatic carbocycles. The van der Waals surface area contributed by atoms with E-state index in [1.54, 1.807) is 18.1 Å². The van der Waals surface area contributed by atoms with Crippen molar-refractivity contribution in [2.45, 2.75) is 20.3 Å². The molecule has 1 atom stereocenters. The third-order valence-electron chi connectivity index (χ3n) is 2.51. The molecule has 1 rings (SSSR count). The van der Waals surface area contributed by atoms with Crippen LogP contribution in [0, 0.1) is 0 Å². The molecule has 1 unspecified atom stereocenters. The van der Waals surface area contributed by atoms with E-state index >= 15 is 0 Å². The van der Waals surface area contributed by atoms with Gasteiger partial charge in [0.05, 0.1) is 12.0 Å². The number of hydrogen-bond acceptors (Lipinski definition) is 3. The van der Waals surface area contributed by atoms with Gasteiger partial charge in [-0.25, -0.2) is 10.1 Å². The lowest BCUT2D eigenvalue weighted by atomic mass is 10.3. The van der Waals surface area contributed by atoms with Gasteiger partial charge in [0.15, 0.2) is 0 Å². The molecule has 0 fully saturated rings. The zero-order valence-electron chi connectivity index (χ0n) is 11.7. The van der Waals surface area contributed by atoms with Gasteiger partial charge in [0.1, 0.15) is 0 Å². The second kappa shape index (κ2) is 8.41. The Morgan fingerprint density at radius 3 is 2.58 bits per heavy atom. The van der Waals surface area contributed by atoms with Gasteiger partial charge in [-0.15, -0.1) is 0 Å². The normalized spacial score (nSPS) is 14.5. The van der Waals surface area contributed by atoms with Gasteiger partial charge in [-0.2, -0.15) is 0 Å². The van der Waals surface area contributed by atoms with E-state index in [9.17, 15) is 4.57 Å². The van der Waals surface area contributed by atoms with Crippen LogP contribution in [0.4, 0.5) is 5.69 Å². The Kier molecular flexibility index (Phi) is 7.21. The summed E-state index contributed by atoms with van der Waals surface area (Å²) >= 11 is 1.47. The average Bonchev–Trinajstić information content (AvgIpc) is 2.46. The van der Waals surface area contributed by atoms with Crippen LogP contribution < -0.4 is 5.09 Å². The van der Waals surface area contributed by atoms with E-state index in [4.69, 9.17) is 0 Å². The number of nitrogens with one attached hydrogen (secondary N) is 1. The molecule has 0 saturated carbocycles. The van der Waals surface area contributed by atoms with E-state index in [2.05, 4.69) is 17.0 Å². The summed E-state index contributed by atoms with van der Waals surface area (Å²) in [4.78, 5) is 4.37. The zero-order valence-corrected chi connectivity index (χ0v) is 13.5. The minimum absolute atomic E-state index is 0.658. The lowest BCUT2D eigenvalue weighted by molar-refractivity contribution is 0.536. The first kappa shape index (κ1) is 16.3. The van der Waals surface area contributed by atoms with Crippen molar-refractivity contribution in [1.82, 2.24) is 9.76 Å². The topological polar surface area (TPSA) is 44.7 Å². The van der Waals surface area contributed by atoms with Crippen molar-refractivity contribution < 1.29 is 4.57 Å². The largest absolute Gasteiger partial charge is 0.294 e. The minimum Gasteiger partial charge on any atom is -0.294 e. The summed E-state index contributed by atoms with van der Waals surface area (Å²) in [6.07, 6.45) is 2.68. The molecule has 0 aliphatic rings. The van der Waals surface area contributed by atoms with E-state index in [0.717, 1.165) is 17.9 Å². The summed E-state index contributed by atoms with van der Waals surface area (Å²) in [5.74, 6) is 0.869. The molecule has 0 radical (unpaired) electrons. The van der Waals surface area contributed by atoms with Gasteiger partial charge in [-0.1, -0.05) is 36.5 Å². The van der Waals surface area contributed by atoms with Gasteiger partial charge >= 0.3 is 0 Å². The third-order valence-corrected chi connectivity index (χ3v) is 7.85. The Bertz CT molecular complexity index is 439. The molecule has 0 aromatic heterocycles. The SMILES string of the molecule is CCCSP(=O)(NC)N(C=Nc1ccccc1)CC. The van der Waals surface area contributed by atoms with Crippen LogP contribution in [-0.4, -0.2) is 30.4 Å². The van der Waals surface area contributed by atoms with Crippen LogP contribution in [0.2, 0.25) is 0 Å². The second-order valence-corrected chi connectivity index (χ2v) is 8.84. The molecule has 4 nitrogen and oxygen atoms in total. The quantitative estimate of drug-likeness (QED) is 0.445. The number of benzene rings is 1. The summed E-state index contributed by atoms with van der Waals surface area (Å²) in [7, 11) is 1.74. The maximum atomic E-state index is 12.8. The Balaban J connectivity index is 2.81. The van der Waals surface area contributed by atoms with E-state index in [0.29, 0.717) is 6.54 Å². The molecular weight excluding hydrogens is 277 g/mol. The van der Waals surface area contributed by atoms with Crippen molar-refractivity contribution in [3.05, 3.63) is 30.3 Å². The highest BCUT2D eigenvalue weighted by Gasteiger charge is 2.26. The molecular formula is C13H22N3OPS. The van der Waals surface area contributed by atoms with Gasteiger partial charge in [0.2, 0.25) is 0 Å². The lowest BCUT2D eigenvalue weighted by Gasteiger charge is -2.27. The molecule has 0 aliphatic heterocycles. The summed E-state index contributed by atoms with van der Waals surface area (Å²) in [6, 6.07) is 9.67. The number of aliphatic imine (C=N–C) groups is 1. The molecule has 1 aromatic rings. The van der Waals surface area contributed by atoms with E-state index in [-0.39, 0.29) is 0 Å². The number of hydrogen-bond donors (Lipinski definition) is 1. The summed E-state index contributed by atoms with van der Waals surface area (Å²) in [5.41, 5.74) is 0.865. The van der Waals surface area contributed by atoms with Crippen LogP contribution in [-0.2, 0) is 4.57 Å². The first-order valence-corrected chi connectivity index (χ1v) is 9.71. The molecule has 6 heteroatoms. The smallest absolute Gasteiger partial charge is 0.293 e. The molecule has 106 valence electrons. The predicted octanol–water partition coefficient (Wildman–Crippen LogP) is 4.14. The van der Waals surface area contributed by atoms with Gasteiger partial charge in [-0.05, 0) is 32.5 Å². The van der Waals surface area contributed by atoms with Crippen molar-refractivity contribution in [2.24, 2.45) is 4.99 Å². The molecule has 0 spiro atoms. The number of para-hydroxylation sites is 1. The molecule has 0 heterocycles. The van der Waals surface area contributed by atoms with Crippen molar-refractivity contribution in [2.75, 3.05) is 19.3 Å². The second-order valence-electron chi connectivity index (χ2n) is 3.91. The van der Waals surface area contributed by atoms with Crippen LogP contribution in [0.25, 0.3) is 0 Å². The highest BCUT2D eigenvalue weighted by molar-refractivity contribution is 8.56. The molecule has 0 saturated heterocycles. The predicted molar refractivity (Wildman–Crippen MR) is 86.4 cm³/mol. The first-order chi connectivity index (χ1) is 9.16. The van der Waals surface area contributed by atoms with Crippen molar-refractivity contribution in [1.29, 1.82) is 0 Å². The maximum absolute atomic E-state index is 12.8. The van der Waals surface area contributed by atoms with Crippen molar-refractivity contribution >= 4 is 30.1 Å². The summed E-state index contributed by atoms with van der Waals surface area (Å²) < 4.78 is 14.6. The van der Waals surface area contributed by atoms with E-state index in [1.165, 1.54) is 11.4 Å². The van der Waals surface area contributed by atoms with Crippen molar-refractivity contribution in [3.63, 3.8) is 0 Å². The fourth-order valence-corrected chi connectivity index (χ4v) is 5.58. The maximum Gasteiger partial charge on any atom is 0.293 e. The molecule has 0 aliphatic carbocycles. The Morgan fingerprint density at radius 2 is 2.05 bits per heavy atom. The van der Waals surface area contributed by atoms with Crippen LogP contribution in [0.5, 0.6) is 0 Å². The molecule has 19 heavy (non-hydrogen) atoms. The van der Waals surface area contributed by atoms with Crippen molar-refractivity contribution in [3.8, 4) is 0 Å². The lowest BCUT2D eigenvalue weighted by Crippen LogP contribution is -2.23. The molecule has 0 bridgehead atoms. The van der Waals surface area contributed by atoms with Gasteiger partial charge in [0.25, 0.3) is 6.65 Å². The van der Waals surface area contributed by atoms with Crippen LogP contribution in [0.3, 0.4) is 0 Å².